The number of hydrogen-bond donors (Lipinski definition) is 0. The SMILES string of the molecule is CC1CN(C(=O)CN2CCN(CC(=O)N3CCCCC3C)CC2)CCO1. The van der Waals surface area contributed by atoms with Crippen LogP contribution in [0.15, 0.2) is 0 Å². The van der Waals surface area contributed by atoms with Crippen molar-refractivity contribution in [3.63, 3.8) is 0 Å². The van der Waals surface area contributed by atoms with Crippen LogP contribution in [0.25, 0.3) is 0 Å². The van der Waals surface area contributed by atoms with Crippen LogP contribution in [0.1, 0.15) is 33.1 Å². The van der Waals surface area contributed by atoms with Crippen molar-refractivity contribution in [1.29, 1.82) is 0 Å². The van der Waals surface area contributed by atoms with Gasteiger partial charge in [-0.25, -0.2) is 0 Å². The molecule has 2 unspecified atom stereocenters. The standard InChI is InChI=1S/C19H34N4O3/c1-16-5-3-4-6-23(16)19(25)15-21-9-7-20(8-10-21)14-18(24)22-11-12-26-17(2)13-22/h16-17H,3-15H2,1-2H3. The van der Waals surface area contributed by atoms with Gasteiger partial charge in [0.15, 0.2) is 0 Å². The summed E-state index contributed by atoms with van der Waals surface area (Å²) in [5, 5.41) is 0. The Bertz CT molecular complexity index is 493. The summed E-state index contributed by atoms with van der Waals surface area (Å²) in [6, 6.07) is 0.381. The van der Waals surface area contributed by atoms with Gasteiger partial charge in [-0.15, -0.1) is 0 Å². The van der Waals surface area contributed by atoms with E-state index >= 15 is 0 Å². The molecule has 3 fully saturated rings. The molecule has 0 radical (unpaired) electrons. The summed E-state index contributed by atoms with van der Waals surface area (Å²) in [6.45, 7) is 11.6. The van der Waals surface area contributed by atoms with Gasteiger partial charge in [0.1, 0.15) is 0 Å². The minimum Gasteiger partial charge on any atom is -0.375 e. The molecule has 0 aromatic carbocycles. The lowest BCUT2D eigenvalue weighted by Crippen LogP contribution is -2.54. The largest absolute Gasteiger partial charge is 0.375 e. The minimum atomic E-state index is 0.132. The molecule has 2 amide bonds. The van der Waals surface area contributed by atoms with Gasteiger partial charge in [-0.05, 0) is 33.1 Å². The molecule has 0 aliphatic carbocycles. The van der Waals surface area contributed by atoms with E-state index < -0.39 is 0 Å². The van der Waals surface area contributed by atoms with Gasteiger partial charge in [0.05, 0.1) is 25.8 Å². The molecule has 0 aromatic heterocycles. The highest BCUT2D eigenvalue weighted by Gasteiger charge is 2.28. The summed E-state index contributed by atoms with van der Waals surface area (Å²) in [6.07, 6.45) is 3.63. The van der Waals surface area contributed by atoms with Crippen LogP contribution in [-0.4, -0.2) is 109 Å². The highest BCUT2D eigenvalue weighted by atomic mass is 16.5. The molecule has 3 rings (SSSR count). The molecule has 3 heterocycles. The van der Waals surface area contributed by atoms with E-state index in [9.17, 15) is 9.59 Å². The third-order valence-electron chi connectivity index (χ3n) is 5.90. The fourth-order valence-electron chi connectivity index (χ4n) is 4.19. The first-order valence-electron chi connectivity index (χ1n) is 10.2. The Hall–Kier alpha value is -1.18. The van der Waals surface area contributed by atoms with Crippen molar-refractivity contribution in [2.75, 3.05) is 65.5 Å². The summed E-state index contributed by atoms with van der Waals surface area (Å²) < 4.78 is 5.51. The number of likely N-dealkylation sites (tertiary alicyclic amines) is 1. The lowest BCUT2D eigenvalue weighted by molar-refractivity contribution is -0.140. The van der Waals surface area contributed by atoms with Gasteiger partial charge in [-0.2, -0.15) is 0 Å². The summed E-state index contributed by atoms with van der Waals surface area (Å²) in [4.78, 5) is 33.5. The number of carbonyl (C=O) groups excluding carboxylic acids is 2. The average molecular weight is 367 g/mol. The van der Waals surface area contributed by atoms with Crippen LogP contribution in [0.4, 0.5) is 0 Å². The number of piperidine rings is 1. The molecule has 0 bridgehead atoms. The maximum absolute atomic E-state index is 12.6. The van der Waals surface area contributed by atoms with Crippen LogP contribution < -0.4 is 0 Å². The second-order valence-corrected chi connectivity index (χ2v) is 8.01. The summed E-state index contributed by atoms with van der Waals surface area (Å²) in [5.41, 5.74) is 0. The third-order valence-corrected chi connectivity index (χ3v) is 5.90. The van der Waals surface area contributed by atoms with Crippen molar-refractivity contribution < 1.29 is 14.3 Å². The quantitative estimate of drug-likeness (QED) is 0.714. The number of rotatable bonds is 4. The van der Waals surface area contributed by atoms with Gasteiger partial charge < -0.3 is 14.5 Å². The van der Waals surface area contributed by atoms with E-state index in [1.165, 1.54) is 6.42 Å². The highest BCUT2D eigenvalue weighted by Crippen LogP contribution is 2.17. The molecule has 0 N–H and O–H groups in total. The Morgan fingerprint density at radius 2 is 1.54 bits per heavy atom. The smallest absolute Gasteiger partial charge is 0.236 e. The molecule has 0 spiro atoms. The molecule has 3 aliphatic rings. The van der Waals surface area contributed by atoms with Crippen molar-refractivity contribution in [2.45, 2.75) is 45.3 Å². The maximum atomic E-state index is 12.6. The molecule has 0 saturated carbocycles. The first kappa shape index (κ1) is 19.6. The normalized spacial score (nSPS) is 29.0. The van der Waals surface area contributed by atoms with Crippen LogP contribution in [0.2, 0.25) is 0 Å². The topological polar surface area (TPSA) is 56.3 Å². The van der Waals surface area contributed by atoms with Crippen molar-refractivity contribution >= 4 is 11.8 Å². The summed E-state index contributed by atoms with van der Waals surface area (Å²) >= 11 is 0. The van der Waals surface area contributed by atoms with Gasteiger partial charge in [0.2, 0.25) is 11.8 Å². The third kappa shape index (κ3) is 5.18. The molecule has 148 valence electrons. The van der Waals surface area contributed by atoms with Crippen LogP contribution >= 0.6 is 0 Å². The van der Waals surface area contributed by atoms with Gasteiger partial charge >= 0.3 is 0 Å². The first-order valence-corrected chi connectivity index (χ1v) is 10.2. The van der Waals surface area contributed by atoms with Gasteiger partial charge in [0, 0.05) is 51.9 Å². The second kappa shape index (κ2) is 9.15. The Morgan fingerprint density at radius 1 is 0.885 bits per heavy atom. The zero-order valence-corrected chi connectivity index (χ0v) is 16.4. The minimum absolute atomic E-state index is 0.132. The van der Waals surface area contributed by atoms with E-state index in [2.05, 4.69) is 21.6 Å². The number of morpholine rings is 1. The Labute approximate surface area is 157 Å². The monoisotopic (exact) mass is 366 g/mol. The molecular formula is C19H34N4O3. The number of hydrogen-bond acceptors (Lipinski definition) is 5. The number of amides is 2. The summed E-state index contributed by atoms with van der Waals surface area (Å²) in [7, 11) is 0. The second-order valence-electron chi connectivity index (χ2n) is 8.01. The predicted molar refractivity (Wildman–Crippen MR) is 99.9 cm³/mol. The van der Waals surface area contributed by atoms with E-state index in [1.807, 2.05) is 11.8 Å². The molecular weight excluding hydrogens is 332 g/mol. The van der Waals surface area contributed by atoms with Crippen molar-refractivity contribution in [3.05, 3.63) is 0 Å². The van der Waals surface area contributed by atoms with Crippen LogP contribution in [-0.2, 0) is 14.3 Å². The summed E-state index contributed by atoms with van der Waals surface area (Å²) in [5.74, 6) is 0.468. The van der Waals surface area contributed by atoms with Crippen molar-refractivity contribution in [3.8, 4) is 0 Å². The maximum Gasteiger partial charge on any atom is 0.236 e. The van der Waals surface area contributed by atoms with Crippen LogP contribution in [0.3, 0.4) is 0 Å². The van der Waals surface area contributed by atoms with E-state index in [4.69, 9.17) is 4.74 Å². The first-order chi connectivity index (χ1) is 12.5. The van der Waals surface area contributed by atoms with Crippen LogP contribution in [0, 0.1) is 0 Å². The number of carbonyl (C=O) groups is 2. The molecule has 3 saturated heterocycles. The molecule has 3 aliphatic heterocycles. The van der Waals surface area contributed by atoms with Gasteiger partial charge in [-0.3, -0.25) is 19.4 Å². The van der Waals surface area contributed by atoms with E-state index in [-0.39, 0.29) is 17.9 Å². The fourth-order valence-corrected chi connectivity index (χ4v) is 4.19. The van der Waals surface area contributed by atoms with Crippen molar-refractivity contribution in [1.82, 2.24) is 19.6 Å². The van der Waals surface area contributed by atoms with Crippen molar-refractivity contribution in [2.24, 2.45) is 0 Å². The fraction of sp³-hybridized carbons (Fsp3) is 0.895. The highest BCUT2D eigenvalue weighted by molar-refractivity contribution is 5.79. The zero-order chi connectivity index (χ0) is 18.5. The van der Waals surface area contributed by atoms with E-state index in [0.717, 1.165) is 45.6 Å². The molecule has 2 atom stereocenters. The van der Waals surface area contributed by atoms with Crippen LogP contribution in [0.5, 0.6) is 0 Å². The lowest BCUT2D eigenvalue weighted by Gasteiger charge is -2.38. The Balaban J connectivity index is 1.38. The number of nitrogens with zero attached hydrogens (tertiary/aromatic N) is 4. The van der Waals surface area contributed by atoms with Gasteiger partial charge in [0.25, 0.3) is 0 Å². The predicted octanol–water partition coefficient (Wildman–Crippen LogP) is 0.252. The van der Waals surface area contributed by atoms with Gasteiger partial charge in [-0.1, -0.05) is 0 Å². The average Bonchev–Trinajstić information content (AvgIpc) is 2.63. The lowest BCUT2D eigenvalue weighted by atomic mass is 10.0. The Morgan fingerprint density at radius 3 is 2.15 bits per heavy atom. The molecule has 0 aromatic rings. The number of ether oxygens (including phenoxy) is 1. The molecule has 26 heavy (non-hydrogen) atoms. The van der Waals surface area contributed by atoms with E-state index in [0.29, 0.717) is 38.8 Å². The molecule has 7 nitrogen and oxygen atoms in total. The zero-order valence-electron chi connectivity index (χ0n) is 16.4. The van der Waals surface area contributed by atoms with E-state index in [1.54, 1.807) is 0 Å². The number of piperazine rings is 1. The molecule has 7 heteroatoms. The Kier molecular flexibility index (Phi) is 6.89.